The lowest BCUT2D eigenvalue weighted by Gasteiger charge is -2.16. The summed E-state index contributed by atoms with van der Waals surface area (Å²) in [7, 11) is 0. The number of para-hydroxylation sites is 1. The Labute approximate surface area is 225 Å². The van der Waals surface area contributed by atoms with Crippen LogP contribution < -0.4 is 0 Å². The Morgan fingerprint density at radius 1 is 0.436 bits per heavy atom. The molecule has 0 bridgehead atoms. The molecule has 2 heteroatoms. The summed E-state index contributed by atoms with van der Waals surface area (Å²) in [6.45, 7) is 0. The van der Waals surface area contributed by atoms with Gasteiger partial charge in [0.25, 0.3) is 0 Å². The highest BCUT2D eigenvalue weighted by Crippen LogP contribution is 2.53. The van der Waals surface area contributed by atoms with E-state index in [9.17, 15) is 0 Å². The minimum absolute atomic E-state index is 1.15. The average molecular weight is 495 g/mol. The third-order valence-corrected chi connectivity index (χ3v) is 8.42. The quantitative estimate of drug-likeness (QED) is 0.219. The van der Waals surface area contributed by atoms with Crippen molar-refractivity contribution >= 4 is 43.4 Å². The summed E-state index contributed by atoms with van der Waals surface area (Å²) in [5.41, 5.74) is 11.4. The molecule has 1 aliphatic rings. The Bertz CT molecular complexity index is 2220. The fourth-order valence-corrected chi connectivity index (χ4v) is 6.85. The van der Waals surface area contributed by atoms with E-state index in [4.69, 9.17) is 0 Å². The molecule has 39 heavy (non-hydrogen) atoms. The van der Waals surface area contributed by atoms with Crippen molar-refractivity contribution in [1.82, 2.24) is 9.55 Å². The molecule has 0 N–H and O–H groups in total. The van der Waals surface area contributed by atoms with Crippen LogP contribution in [0.4, 0.5) is 0 Å². The summed E-state index contributed by atoms with van der Waals surface area (Å²) in [5.74, 6) is 0. The number of hydrogen-bond acceptors (Lipinski definition) is 1. The molecule has 2 nitrogen and oxygen atoms in total. The van der Waals surface area contributed by atoms with Crippen LogP contribution in [0.5, 0.6) is 0 Å². The summed E-state index contributed by atoms with van der Waals surface area (Å²) in [6, 6.07) is 44.3. The van der Waals surface area contributed by atoms with Crippen molar-refractivity contribution in [2.75, 3.05) is 0 Å². The number of aromatic nitrogens is 2. The monoisotopic (exact) mass is 494 g/mol. The summed E-state index contributed by atoms with van der Waals surface area (Å²) in [5, 5.41) is 7.69. The van der Waals surface area contributed by atoms with Gasteiger partial charge in [0.15, 0.2) is 0 Å². The number of fused-ring (bicyclic) bond motifs is 8. The first-order valence-electron chi connectivity index (χ1n) is 13.4. The molecule has 9 rings (SSSR count). The number of benzene rings is 6. The zero-order valence-electron chi connectivity index (χ0n) is 21.1. The molecule has 0 atom stereocenters. The lowest BCUT2D eigenvalue weighted by Crippen LogP contribution is -1.94. The molecule has 6 aromatic carbocycles. The van der Waals surface area contributed by atoms with Gasteiger partial charge >= 0.3 is 0 Å². The highest BCUT2D eigenvalue weighted by molar-refractivity contribution is 6.29. The highest BCUT2D eigenvalue weighted by Gasteiger charge is 2.25. The van der Waals surface area contributed by atoms with Crippen LogP contribution in [0.15, 0.2) is 134 Å². The van der Waals surface area contributed by atoms with Gasteiger partial charge in [-0.3, -0.25) is 4.98 Å². The van der Waals surface area contributed by atoms with Crippen LogP contribution in [-0.4, -0.2) is 9.55 Å². The molecule has 0 amide bonds. The molecule has 1 aliphatic carbocycles. The average Bonchev–Trinajstić information content (AvgIpc) is 3.52. The van der Waals surface area contributed by atoms with Crippen molar-refractivity contribution < 1.29 is 0 Å². The maximum absolute atomic E-state index is 4.40. The molecule has 0 fully saturated rings. The van der Waals surface area contributed by atoms with Gasteiger partial charge in [-0.05, 0) is 79.2 Å². The van der Waals surface area contributed by atoms with E-state index in [1.165, 1.54) is 76.7 Å². The van der Waals surface area contributed by atoms with Crippen LogP contribution in [0.1, 0.15) is 0 Å². The van der Waals surface area contributed by atoms with Gasteiger partial charge in [-0.25, -0.2) is 0 Å². The van der Waals surface area contributed by atoms with Crippen molar-refractivity contribution in [2.45, 2.75) is 0 Å². The third-order valence-electron chi connectivity index (χ3n) is 8.42. The zero-order valence-corrected chi connectivity index (χ0v) is 21.1. The van der Waals surface area contributed by atoms with Crippen molar-refractivity contribution in [1.29, 1.82) is 0 Å². The SMILES string of the molecule is c1ccc2c(c1)-c1cccc3c(-c4ccc(-n5c6ccccc6c6cnccc65)cc4)c4ccccc4c-2c13. The van der Waals surface area contributed by atoms with E-state index >= 15 is 0 Å². The molecular formula is C37H22N2. The topological polar surface area (TPSA) is 17.8 Å². The summed E-state index contributed by atoms with van der Waals surface area (Å²) >= 11 is 0. The van der Waals surface area contributed by atoms with Crippen LogP contribution in [0.2, 0.25) is 0 Å². The van der Waals surface area contributed by atoms with Crippen molar-refractivity contribution in [3.8, 4) is 39.1 Å². The lowest BCUT2D eigenvalue weighted by molar-refractivity contribution is 1.17. The van der Waals surface area contributed by atoms with Gasteiger partial charge in [0.2, 0.25) is 0 Å². The summed E-state index contributed by atoms with van der Waals surface area (Å²) in [6.07, 6.45) is 3.85. The molecule has 0 spiro atoms. The first-order valence-corrected chi connectivity index (χ1v) is 13.4. The molecule has 0 saturated carbocycles. The van der Waals surface area contributed by atoms with Crippen LogP contribution in [0, 0.1) is 0 Å². The Kier molecular flexibility index (Phi) is 4.08. The molecule has 0 unspecified atom stereocenters. The molecule has 180 valence electrons. The maximum atomic E-state index is 4.40. The summed E-state index contributed by atoms with van der Waals surface area (Å²) in [4.78, 5) is 4.40. The standard InChI is InChI=1S/C37H22N2/c1-2-10-27-25(8-1)28-13-7-14-31-35(29-11-3-4-12-30(29)36(27)37(28)31)23-16-18-24(19-17-23)39-33-15-6-5-9-26(33)32-22-38-21-20-34(32)39/h1-22H. The molecule has 0 saturated heterocycles. The maximum Gasteiger partial charge on any atom is 0.0571 e. The van der Waals surface area contributed by atoms with Crippen molar-refractivity contribution in [3.05, 3.63) is 134 Å². The number of hydrogen-bond donors (Lipinski definition) is 0. The van der Waals surface area contributed by atoms with Crippen molar-refractivity contribution in [3.63, 3.8) is 0 Å². The van der Waals surface area contributed by atoms with E-state index < -0.39 is 0 Å². The molecule has 0 radical (unpaired) electrons. The lowest BCUT2D eigenvalue weighted by atomic mass is 9.88. The van der Waals surface area contributed by atoms with E-state index in [2.05, 4.69) is 131 Å². The number of rotatable bonds is 2. The van der Waals surface area contributed by atoms with E-state index in [-0.39, 0.29) is 0 Å². The second kappa shape index (κ2) is 7.66. The highest BCUT2D eigenvalue weighted by atomic mass is 15.0. The van der Waals surface area contributed by atoms with Crippen molar-refractivity contribution in [2.24, 2.45) is 0 Å². The van der Waals surface area contributed by atoms with Gasteiger partial charge in [-0.15, -0.1) is 0 Å². The van der Waals surface area contributed by atoms with Gasteiger partial charge in [0.05, 0.1) is 11.0 Å². The second-order valence-corrected chi connectivity index (χ2v) is 10.4. The largest absolute Gasteiger partial charge is 0.309 e. The van der Waals surface area contributed by atoms with Gasteiger partial charge < -0.3 is 4.57 Å². The van der Waals surface area contributed by atoms with Gasteiger partial charge in [-0.2, -0.15) is 0 Å². The van der Waals surface area contributed by atoms with Crippen LogP contribution in [-0.2, 0) is 0 Å². The number of pyridine rings is 1. The fourth-order valence-electron chi connectivity index (χ4n) is 6.85. The Balaban J connectivity index is 1.32. The van der Waals surface area contributed by atoms with Crippen LogP contribution >= 0.6 is 0 Å². The smallest absolute Gasteiger partial charge is 0.0571 e. The van der Waals surface area contributed by atoms with Gasteiger partial charge in [0, 0.05) is 28.9 Å². The Morgan fingerprint density at radius 3 is 1.92 bits per heavy atom. The Hall–Kier alpha value is -5.21. The van der Waals surface area contributed by atoms with E-state index in [1.807, 2.05) is 12.4 Å². The first-order chi connectivity index (χ1) is 19.4. The molecular weight excluding hydrogens is 472 g/mol. The minimum Gasteiger partial charge on any atom is -0.309 e. The fraction of sp³-hybridized carbons (Fsp3) is 0. The van der Waals surface area contributed by atoms with Gasteiger partial charge in [-0.1, -0.05) is 97.1 Å². The first kappa shape index (κ1) is 20.8. The van der Waals surface area contributed by atoms with E-state index in [0.717, 1.165) is 5.69 Å². The van der Waals surface area contributed by atoms with Gasteiger partial charge in [0.1, 0.15) is 0 Å². The Morgan fingerprint density at radius 2 is 1.08 bits per heavy atom. The molecule has 0 aliphatic heterocycles. The molecule has 8 aromatic rings. The van der Waals surface area contributed by atoms with Crippen LogP contribution in [0.25, 0.3) is 82.4 Å². The number of nitrogens with zero attached hydrogens (tertiary/aromatic N) is 2. The zero-order chi connectivity index (χ0) is 25.5. The molecule has 2 heterocycles. The van der Waals surface area contributed by atoms with E-state index in [0.29, 0.717) is 0 Å². The van der Waals surface area contributed by atoms with E-state index in [1.54, 1.807) is 0 Å². The third kappa shape index (κ3) is 2.73. The predicted octanol–water partition coefficient (Wildman–Crippen LogP) is 9.80. The minimum atomic E-state index is 1.15. The molecule has 2 aromatic heterocycles. The summed E-state index contributed by atoms with van der Waals surface area (Å²) < 4.78 is 2.35. The second-order valence-electron chi connectivity index (χ2n) is 10.4. The predicted molar refractivity (Wildman–Crippen MR) is 163 cm³/mol. The van der Waals surface area contributed by atoms with Crippen LogP contribution in [0.3, 0.4) is 0 Å². The normalized spacial score (nSPS) is 12.1.